The molecule has 0 spiro atoms. The summed E-state index contributed by atoms with van der Waals surface area (Å²) < 4.78 is 37.3. The molecule has 0 fully saturated rings. The lowest BCUT2D eigenvalue weighted by molar-refractivity contribution is -0.137. The summed E-state index contributed by atoms with van der Waals surface area (Å²) in [5.41, 5.74) is -1.49. The molecule has 0 bridgehead atoms. The van der Waals surface area contributed by atoms with Gasteiger partial charge in [-0.25, -0.2) is 4.98 Å². The van der Waals surface area contributed by atoms with E-state index >= 15 is 0 Å². The van der Waals surface area contributed by atoms with Crippen LogP contribution in [0, 0.1) is 0 Å². The highest BCUT2D eigenvalue weighted by Crippen LogP contribution is 2.30. The molecule has 0 aliphatic carbocycles. The summed E-state index contributed by atoms with van der Waals surface area (Å²) >= 11 is 0. The molecule has 17 heavy (non-hydrogen) atoms. The fourth-order valence-electron chi connectivity index (χ4n) is 1.40. The first-order valence-corrected chi connectivity index (χ1v) is 4.63. The maximum Gasteiger partial charge on any atom is 0.416 e. The van der Waals surface area contributed by atoms with Crippen molar-refractivity contribution >= 4 is 11.0 Å². The monoisotopic (exact) mass is 244 g/mol. The van der Waals surface area contributed by atoms with Crippen molar-refractivity contribution in [2.45, 2.75) is 12.8 Å². The first kappa shape index (κ1) is 11.6. The molecule has 0 amide bonds. The molecule has 0 aliphatic heterocycles. The summed E-state index contributed by atoms with van der Waals surface area (Å²) in [5, 5.41) is 8.80. The van der Waals surface area contributed by atoms with Crippen LogP contribution in [0.2, 0.25) is 0 Å². The minimum absolute atomic E-state index is 0.0107. The van der Waals surface area contributed by atoms with Crippen LogP contribution in [0.1, 0.15) is 11.3 Å². The predicted molar refractivity (Wildman–Crippen MR) is 53.3 cm³/mol. The highest BCUT2D eigenvalue weighted by atomic mass is 19.4. The molecule has 0 aliphatic rings. The summed E-state index contributed by atoms with van der Waals surface area (Å²) in [7, 11) is 0. The van der Waals surface area contributed by atoms with Gasteiger partial charge in [-0.15, -0.1) is 0 Å². The van der Waals surface area contributed by atoms with E-state index in [0.29, 0.717) is 0 Å². The first-order chi connectivity index (χ1) is 7.91. The molecule has 1 aromatic carbocycles. The number of H-pyrrole nitrogens is 1. The van der Waals surface area contributed by atoms with Gasteiger partial charge in [-0.2, -0.15) is 13.2 Å². The van der Waals surface area contributed by atoms with Crippen LogP contribution in [0.25, 0.3) is 11.0 Å². The van der Waals surface area contributed by atoms with Gasteiger partial charge < -0.3 is 10.1 Å². The van der Waals surface area contributed by atoms with Crippen LogP contribution < -0.4 is 5.56 Å². The largest absolute Gasteiger partial charge is 0.416 e. The van der Waals surface area contributed by atoms with E-state index in [9.17, 15) is 18.0 Å². The van der Waals surface area contributed by atoms with Crippen molar-refractivity contribution in [3.05, 3.63) is 39.8 Å². The third-order valence-corrected chi connectivity index (χ3v) is 2.24. The number of aliphatic hydroxyl groups is 1. The van der Waals surface area contributed by atoms with Crippen molar-refractivity contribution in [3.63, 3.8) is 0 Å². The standard InChI is InChI=1S/C10H7F3N2O2/c11-10(12,13)5-1-2-6-7(3-5)14-8(4-16)9(17)15-6/h1-3,16H,4H2,(H,15,17). The SMILES string of the molecule is O=c1[nH]c2ccc(C(F)(F)F)cc2nc1CO. The van der Waals surface area contributed by atoms with Gasteiger partial charge in [0.15, 0.2) is 0 Å². The fourth-order valence-corrected chi connectivity index (χ4v) is 1.40. The summed E-state index contributed by atoms with van der Waals surface area (Å²) in [6.07, 6.45) is -4.47. The van der Waals surface area contributed by atoms with Gasteiger partial charge in [0, 0.05) is 0 Å². The summed E-state index contributed by atoms with van der Waals surface area (Å²) in [6.45, 7) is -0.623. The number of halogens is 3. The molecule has 2 aromatic rings. The summed E-state index contributed by atoms with van der Waals surface area (Å²) in [6, 6.07) is 2.82. The second-order valence-electron chi connectivity index (χ2n) is 3.40. The van der Waals surface area contributed by atoms with Gasteiger partial charge in [0.25, 0.3) is 5.56 Å². The zero-order chi connectivity index (χ0) is 12.6. The lowest BCUT2D eigenvalue weighted by Gasteiger charge is -2.07. The lowest BCUT2D eigenvalue weighted by Crippen LogP contribution is -2.15. The van der Waals surface area contributed by atoms with Gasteiger partial charge in [0.05, 0.1) is 23.2 Å². The highest BCUT2D eigenvalue weighted by molar-refractivity contribution is 5.74. The number of aliphatic hydroxyl groups excluding tert-OH is 1. The topological polar surface area (TPSA) is 66.0 Å². The zero-order valence-electron chi connectivity index (χ0n) is 8.38. The minimum atomic E-state index is -4.47. The van der Waals surface area contributed by atoms with Gasteiger partial charge in [0.2, 0.25) is 0 Å². The number of nitrogens with zero attached hydrogens (tertiary/aromatic N) is 1. The number of aromatic amines is 1. The molecule has 0 unspecified atom stereocenters. The number of fused-ring (bicyclic) bond motifs is 1. The second-order valence-corrected chi connectivity index (χ2v) is 3.40. The van der Waals surface area contributed by atoms with Crippen molar-refractivity contribution in [3.8, 4) is 0 Å². The molecule has 1 heterocycles. The smallest absolute Gasteiger partial charge is 0.390 e. The Balaban J connectivity index is 2.69. The normalized spacial score (nSPS) is 12.0. The van der Waals surface area contributed by atoms with E-state index in [1.54, 1.807) is 0 Å². The van der Waals surface area contributed by atoms with Gasteiger partial charge in [0.1, 0.15) is 5.69 Å². The Kier molecular flexibility index (Phi) is 2.62. The predicted octanol–water partition coefficient (Wildman–Crippen LogP) is 1.43. The number of rotatable bonds is 1. The molecule has 4 nitrogen and oxygen atoms in total. The van der Waals surface area contributed by atoms with Gasteiger partial charge in [-0.3, -0.25) is 4.79 Å². The zero-order valence-corrected chi connectivity index (χ0v) is 8.38. The fraction of sp³-hybridized carbons (Fsp3) is 0.200. The van der Waals surface area contributed by atoms with Crippen LogP contribution in [0.3, 0.4) is 0 Å². The third kappa shape index (κ3) is 2.14. The van der Waals surface area contributed by atoms with E-state index in [1.165, 1.54) is 0 Å². The van der Waals surface area contributed by atoms with Gasteiger partial charge in [-0.05, 0) is 18.2 Å². The maximum atomic E-state index is 12.4. The Morgan fingerprint density at radius 2 is 2.06 bits per heavy atom. The quantitative estimate of drug-likeness (QED) is 0.797. The lowest BCUT2D eigenvalue weighted by atomic mass is 10.2. The van der Waals surface area contributed by atoms with Crippen LogP contribution in [-0.2, 0) is 12.8 Å². The van der Waals surface area contributed by atoms with E-state index < -0.39 is 23.9 Å². The number of alkyl halides is 3. The maximum absolute atomic E-state index is 12.4. The van der Waals surface area contributed by atoms with E-state index in [1.807, 2.05) is 0 Å². The number of hydrogen-bond acceptors (Lipinski definition) is 3. The minimum Gasteiger partial charge on any atom is -0.390 e. The first-order valence-electron chi connectivity index (χ1n) is 4.63. The van der Waals surface area contributed by atoms with E-state index in [4.69, 9.17) is 5.11 Å². The Hall–Kier alpha value is -1.89. The molecular weight excluding hydrogens is 237 g/mol. The van der Waals surface area contributed by atoms with Crippen LogP contribution >= 0.6 is 0 Å². The van der Waals surface area contributed by atoms with E-state index in [-0.39, 0.29) is 16.7 Å². The van der Waals surface area contributed by atoms with Crippen LogP contribution in [0.4, 0.5) is 13.2 Å². The molecule has 2 N–H and O–H groups in total. The molecule has 0 atom stereocenters. The number of hydrogen-bond donors (Lipinski definition) is 2. The van der Waals surface area contributed by atoms with Crippen LogP contribution in [0.5, 0.6) is 0 Å². The van der Waals surface area contributed by atoms with Crippen molar-refractivity contribution < 1.29 is 18.3 Å². The molecule has 2 rings (SSSR count). The van der Waals surface area contributed by atoms with Crippen LogP contribution in [-0.4, -0.2) is 15.1 Å². The Morgan fingerprint density at radius 1 is 1.35 bits per heavy atom. The molecule has 90 valence electrons. The Bertz CT molecular complexity index is 619. The average Bonchev–Trinajstić information content (AvgIpc) is 2.26. The number of aromatic nitrogens is 2. The number of nitrogens with one attached hydrogen (secondary N) is 1. The van der Waals surface area contributed by atoms with Gasteiger partial charge >= 0.3 is 6.18 Å². The average molecular weight is 244 g/mol. The van der Waals surface area contributed by atoms with Crippen molar-refractivity contribution in [1.82, 2.24) is 9.97 Å². The Labute approximate surface area is 92.7 Å². The number of benzene rings is 1. The summed E-state index contributed by atoms with van der Waals surface area (Å²) in [4.78, 5) is 17.3. The van der Waals surface area contributed by atoms with Gasteiger partial charge in [-0.1, -0.05) is 0 Å². The molecule has 1 aromatic heterocycles. The highest BCUT2D eigenvalue weighted by Gasteiger charge is 2.30. The van der Waals surface area contributed by atoms with E-state index in [0.717, 1.165) is 18.2 Å². The van der Waals surface area contributed by atoms with Crippen molar-refractivity contribution in [2.24, 2.45) is 0 Å². The third-order valence-electron chi connectivity index (χ3n) is 2.24. The molecule has 0 radical (unpaired) electrons. The Morgan fingerprint density at radius 3 is 2.65 bits per heavy atom. The molecule has 7 heteroatoms. The molecular formula is C10H7F3N2O2. The van der Waals surface area contributed by atoms with Crippen LogP contribution in [0.15, 0.2) is 23.0 Å². The van der Waals surface area contributed by atoms with Crippen molar-refractivity contribution in [2.75, 3.05) is 0 Å². The summed E-state index contributed by atoms with van der Waals surface area (Å²) in [5.74, 6) is 0. The second kappa shape index (κ2) is 3.85. The van der Waals surface area contributed by atoms with E-state index in [2.05, 4.69) is 9.97 Å². The van der Waals surface area contributed by atoms with Crippen molar-refractivity contribution in [1.29, 1.82) is 0 Å². The molecule has 0 saturated heterocycles. The molecule has 0 saturated carbocycles.